The van der Waals surface area contributed by atoms with E-state index in [0.29, 0.717) is 0 Å². The van der Waals surface area contributed by atoms with Crippen LogP contribution in [0.25, 0.3) is 0 Å². The molecule has 120 valence electrons. The fourth-order valence-corrected chi connectivity index (χ4v) is 3.01. The summed E-state index contributed by atoms with van der Waals surface area (Å²) in [5.74, 6) is -3.93. The number of hydrogen-bond acceptors (Lipinski definition) is 5. The second kappa shape index (κ2) is 5.85. The summed E-state index contributed by atoms with van der Waals surface area (Å²) >= 11 is 0. The minimum atomic E-state index is -1.08. The normalized spacial score (nSPS) is 27.7. The molecule has 4 atom stereocenters. The van der Waals surface area contributed by atoms with Gasteiger partial charge in [-0.05, 0) is 12.1 Å². The van der Waals surface area contributed by atoms with E-state index >= 15 is 0 Å². The lowest BCUT2D eigenvalue weighted by Gasteiger charge is -2.21. The summed E-state index contributed by atoms with van der Waals surface area (Å²) in [7, 11) is 1.25. The minimum absolute atomic E-state index is 0.204. The maximum absolute atomic E-state index is 12.5. The van der Waals surface area contributed by atoms with Crippen LogP contribution in [0.3, 0.4) is 0 Å². The van der Waals surface area contributed by atoms with E-state index in [1.807, 2.05) is 0 Å². The van der Waals surface area contributed by atoms with Gasteiger partial charge in [-0.15, -0.1) is 0 Å². The SMILES string of the molecule is COC(=O)c1ccccc1NC(=O)[C@H]1[C@@H](C(=O)O)[C@H]2C=C[C@@H]1O2. The quantitative estimate of drug-likeness (QED) is 0.636. The third kappa shape index (κ3) is 2.59. The van der Waals surface area contributed by atoms with Gasteiger partial charge in [0.2, 0.25) is 5.91 Å². The molecular weight excluding hydrogens is 302 g/mol. The third-order valence-electron chi connectivity index (χ3n) is 4.08. The number of carboxylic acid groups (broad SMARTS) is 1. The van der Waals surface area contributed by atoms with Crippen LogP contribution in [0.4, 0.5) is 5.69 Å². The maximum Gasteiger partial charge on any atom is 0.339 e. The van der Waals surface area contributed by atoms with Gasteiger partial charge in [-0.3, -0.25) is 9.59 Å². The molecule has 0 radical (unpaired) electrons. The number of benzene rings is 1. The molecular formula is C16H15NO6. The topological polar surface area (TPSA) is 102 Å². The highest BCUT2D eigenvalue weighted by atomic mass is 16.5. The average molecular weight is 317 g/mol. The molecule has 1 aromatic carbocycles. The molecule has 0 unspecified atom stereocenters. The minimum Gasteiger partial charge on any atom is -0.481 e. The zero-order chi connectivity index (χ0) is 16.6. The first-order valence-corrected chi connectivity index (χ1v) is 7.07. The number of ether oxygens (including phenoxy) is 2. The molecule has 3 rings (SSSR count). The van der Waals surface area contributed by atoms with Gasteiger partial charge in [0.15, 0.2) is 0 Å². The van der Waals surface area contributed by atoms with E-state index in [0.717, 1.165) is 0 Å². The Morgan fingerprint density at radius 2 is 1.78 bits per heavy atom. The van der Waals surface area contributed by atoms with Crippen LogP contribution in [0, 0.1) is 11.8 Å². The number of carbonyl (C=O) groups is 3. The summed E-state index contributed by atoms with van der Waals surface area (Å²) in [6.45, 7) is 0. The second-order valence-corrected chi connectivity index (χ2v) is 5.37. The van der Waals surface area contributed by atoms with Crippen LogP contribution in [0.2, 0.25) is 0 Å². The number of carboxylic acids is 1. The highest BCUT2D eigenvalue weighted by Crippen LogP contribution is 2.40. The van der Waals surface area contributed by atoms with E-state index in [9.17, 15) is 19.5 Å². The highest BCUT2D eigenvalue weighted by Gasteiger charge is 2.53. The zero-order valence-electron chi connectivity index (χ0n) is 12.3. The number of fused-ring (bicyclic) bond motifs is 2. The largest absolute Gasteiger partial charge is 0.481 e. The van der Waals surface area contributed by atoms with Crippen LogP contribution in [-0.4, -0.2) is 42.3 Å². The summed E-state index contributed by atoms with van der Waals surface area (Å²) in [5.41, 5.74) is 0.482. The van der Waals surface area contributed by atoms with Crippen molar-refractivity contribution in [3.05, 3.63) is 42.0 Å². The first-order chi connectivity index (χ1) is 11.0. The fraction of sp³-hybridized carbons (Fsp3) is 0.312. The van der Waals surface area contributed by atoms with Gasteiger partial charge in [0, 0.05) is 0 Å². The number of methoxy groups -OCH3 is 1. The van der Waals surface area contributed by atoms with Crippen LogP contribution in [0.15, 0.2) is 36.4 Å². The first kappa shape index (κ1) is 15.2. The summed E-state index contributed by atoms with van der Waals surface area (Å²) in [4.78, 5) is 35.7. The molecule has 2 aliphatic rings. The number of rotatable bonds is 4. The van der Waals surface area contributed by atoms with Crippen LogP contribution in [0.1, 0.15) is 10.4 Å². The highest BCUT2D eigenvalue weighted by molar-refractivity contribution is 6.03. The van der Waals surface area contributed by atoms with Crippen LogP contribution in [0.5, 0.6) is 0 Å². The Kier molecular flexibility index (Phi) is 3.87. The molecule has 1 amide bonds. The van der Waals surface area contributed by atoms with Crippen LogP contribution in [-0.2, 0) is 19.1 Å². The van der Waals surface area contributed by atoms with E-state index in [-0.39, 0.29) is 11.3 Å². The standard InChI is InChI=1S/C16H15NO6/c1-22-16(21)8-4-2-3-5-9(8)17-14(18)12-10-6-7-11(23-10)13(12)15(19)20/h2-7,10-13H,1H3,(H,17,18)(H,19,20)/t10-,11+,12+,13-/m0/s1. The Balaban J connectivity index is 1.84. The van der Waals surface area contributed by atoms with Crippen molar-refractivity contribution < 1.29 is 29.0 Å². The van der Waals surface area contributed by atoms with Gasteiger partial charge in [-0.2, -0.15) is 0 Å². The Hall–Kier alpha value is -2.67. The Labute approximate surface area is 131 Å². The Bertz CT molecular complexity index is 698. The smallest absolute Gasteiger partial charge is 0.339 e. The molecule has 2 bridgehead atoms. The van der Waals surface area contributed by atoms with E-state index in [2.05, 4.69) is 10.1 Å². The number of hydrogen-bond donors (Lipinski definition) is 2. The number of amides is 1. The molecule has 0 aliphatic carbocycles. The number of anilines is 1. The summed E-state index contributed by atoms with van der Waals surface area (Å²) in [5, 5.41) is 12.0. The van der Waals surface area contributed by atoms with Gasteiger partial charge in [-0.25, -0.2) is 4.79 Å². The van der Waals surface area contributed by atoms with Crippen molar-refractivity contribution in [2.45, 2.75) is 12.2 Å². The number of nitrogens with one attached hydrogen (secondary N) is 1. The van der Waals surface area contributed by atoms with Crippen LogP contribution >= 0.6 is 0 Å². The molecule has 7 nitrogen and oxygen atoms in total. The molecule has 23 heavy (non-hydrogen) atoms. The van der Waals surface area contributed by atoms with Gasteiger partial charge in [0.25, 0.3) is 0 Å². The molecule has 7 heteroatoms. The zero-order valence-corrected chi connectivity index (χ0v) is 12.3. The maximum atomic E-state index is 12.5. The molecule has 0 saturated carbocycles. The van der Waals surface area contributed by atoms with E-state index < -0.39 is 41.9 Å². The Morgan fingerprint density at radius 3 is 2.43 bits per heavy atom. The second-order valence-electron chi connectivity index (χ2n) is 5.37. The van der Waals surface area contributed by atoms with Crippen LogP contribution < -0.4 is 5.32 Å². The van der Waals surface area contributed by atoms with Crippen molar-refractivity contribution in [1.82, 2.24) is 0 Å². The fourth-order valence-electron chi connectivity index (χ4n) is 3.01. The van der Waals surface area contributed by atoms with Crippen molar-refractivity contribution in [1.29, 1.82) is 0 Å². The summed E-state index contributed by atoms with van der Waals surface area (Å²) in [6, 6.07) is 6.39. The summed E-state index contributed by atoms with van der Waals surface area (Å²) in [6.07, 6.45) is 2.20. The number of esters is 1. The van der Waals surface area contributed by atoms with Gasteiger partial charge in [0.1, 0.15) is 5.92 Å². The number of para-hydroxylation sites is 1. The lowest BCUT2D eigenvalue weighted by molar-refractivity contribution is -0.145. The molecule has 2 N–H and O–H groups in total. The third-order valence-corrected chi connectivity index (χ3v) is 4.08. The van der Waals surface area contributed by atoms with Crippen molar-refractivity contribution >= 4 is 23.5 Å². The molecule has 2 heterocycles. The van der Waals surface area contributed by atoms with Gasteiger partial charge in [-0.1, -0.05) is 24.3 Å². The predicted octanol–water partition coefficient (Wildman–Crippen LogP) is 1.07. The lowest BCUT2D eigenvalue weighted by atomic mass is 9.82. The monoisotopic (exact) mass is 317 g/mol. The molecule has 1 aromatic rings. The molecule has 1 saturated heterocycles. The van der Waals surface area contributed by atoms with Crippen molar-refractivity contribution in [3.63, 3.8) is 0 Å². The van der Waals surface area contributed by atoms with Crippen molar-refractivity contribution in [2.75, 3.05) is 12.4 Å². The first-order valence-electron chi connectivity index (χ1n) is 7.07. The van der Waals surface area contributed by atoms with Crippen molar-refractivity contribution in [3.8, 4) is 0 Å². The Morgan fingerprint density at radius 1 is 1.13 bits per heavy atom. The summed E-state index contributed by atoms with van der Waals surface area (Å²) < 4.78 is 10.1. The predicted molar refractivity (Wildman–Crippen MR) is 78.8 cm³/mol. The lowest BCUT2D eigenvalue weighted by Crippen LogP contribution is -2.39. The molecule has 0 aromatic heterocycles. The van der Waals surface area contributed by atoms with E-state index in [1.165, 1.54) is 13.2 Å². The average Bonchev–Trinajstić information content (AvgIpc) is 3.15. The number of aliphatic carboxylic acids is 1. The molecule has 1 fully saturated rings. The number of carbonyl (C=O) groups excluding carboxylic acids is 2. The van der Waals surface area contributed by atoms with E-state index in [1.54, 1.807) is 30.4 Å². The molecule has 2 aliphatic heterocycles. The van der Waals surface area contributed by atoms with Crippen molar-refractivity contribution in [2.24, 2.45) is 11.8 Å². The van der Waals surface area contributed by atoms with E-state index in [4.69, 9.17) is 4.74 Å². The molecule has 0 spiro atoms. The van der Waals surface area contributed by atoms with Gasteiger partial charge < -0.3 is 19.9 Å². The van der Waals surface area contributed by atoms with Gasteiger partial charge >= 0.3 is 11.9 Å². The van der Waals surface area contributed by atoms with Gasteiger partial charge in [0.05, 0.1) is 36.5 Å².